The average Bonchev–Trinajstić information content (AvgIpc) is 2.35. The molecule has 2 rings (SSSR count). The van der Waals surface area contributed by atoms with E-state index in [1.165, 1.54) is 0 Å². The summed E-state index contributed by atoms with van der Waals surface area (Å²) in [7, 11) is 0. The standard InChI is InChI=1S/C13H13NO3/c15-12-6-10(9-4-2-1-3-5-9)7-13(16)11(12)8-14-17/h1-5,8,10,14,17H,6-7H2. The van der Waals surface area contributed by atoms with Gasteiger partial charge in [-0.3, -0.25) is 20.3 Å². The van der Waals surface area contributed by atoms with Crippen molar-refractivity contribution in [3.05, 3.63) is 47.7 Å². The summed E-state index contributed by atoms with van der Waals surface area (Å²) in [5.74, 6) is -0.500. The van der Waals surface area contributed by atoms with Gasteiger partial charge in [-0.05, 0) is 11.5 Å². The van der Waals surface area contributed by atoms with Crippen LogP contribution in [0.25, 0.3) is 0 Å². The molecule has 1 aromatic carbocycles. The molecule has 1 fully saturated rings. The molecule has 0 atom stereocenters. The molecule has 0 spiro atoms. The molecular weight excluding hydrogens is 218 g/mol. The molecule has 2 N–H and O–H groups in total. The van der Waals surface area contributed by atoms with E-state index < -0.39 is 0 Å². The Labute approximate surface area is 98.9 Å². The van der Waals surface area contributed by atoms with Crippen molar-refractivity contribution in [1.29, 1.82) is 0 Å². The lowest BCUT2D eigenvalue weighted by molar-refractivity contribution is -0.124. The topological polar surface area (TPSA) is 66.4 Å². The summed E-state index contributed by atoms with van der Waals surface area (Å²) in [6.45, 7) is 0. The van der Waals surface area contributed by atoms with Crippen LogP contribution in [0.5, 0.6) is 0 Å². The second kappa shape index (κ2) is 4.93. The van der Waals surface area contributed by atoms with Crippen LogP contribution < -0.4 is 5.48 Å². The van der Waals surface area contributed by atoms with Gasteiger partial charge >= 0.3 is 0 Å². The minimum Gasteiger partial charge on any atom is -0.294 e. The van der Waals surface area contributed by atoms with E-state index in [1.807, 2.05) is 30.3 Å². The Morgan fingerprint density at radius 3 is 2.24 bits per heavy atom. The molecule has 0 bridgehead atoms. The fourth-order valence-electron chi connectivity index (χ4n) is 2.08. The first-order valence-electron chi connectivity index (χ1n) is 5.43. The van der Waals surface area contributed by atoms with Crippen LogP contribution in [0.2, 0.25) is 0 Å². The van der Waals surface area contributed by atoms with Crippen LogP contribution in [0, 0.1) is 0 Å². The zero-order chi connectivity index (χ0) is 12.3. The summed E-state index contributed by atoms with van der Waals surface area (Å²) < 4.78 is 0. The smallest absolute Gasteiger partial charge is 0.168 e. The number of hydroxylamine groups is 1. The zero-order valence-corrected chi connectivity index (χ0v) is 9.22. The lowest BCUT2D eigenvalue weighted by Gasteiger charge is -2.21. The molecule has 1 saturated carbocycles. The minimum atomic E-state index is -0.225. The highest BCUT2D eigenvalue weighted by Crippen LogP contribution is 2.30. The molecule has 0 radical (unpaired) electrons. The number of hydrogen-bond donors (Lipinski definition) is 2. The van der Waals surface area contributed by atoms with Crippen LogP contribution in [-0.2, 0) is 9.59 Å². The van der Waals surface area contributed by atoms with Crippen LogP contribution in [-0.4, -0.2) is 16.8 Å². The van der Waals surface area contributed by atoms with E-state index in [4.69, 9.17) is 5.21 Å². The predicted octanol–water partition coefficient (Wildman–Crippen LogP) is 1.56. The largest absolute Gasteiger partial charge is 0.294 e. The highest BCUT2D eigenvalue weighted by Gasteiger charge is 2.31. The average molecular weight is 231 g/mol. The Morgan fingerprint density at radius 2 is 1.71 bits per heavy atom. The minimum absolute atomic E-state index is 0.0490. The van der Waals surface area contributed by atoms with Crippen molar-refractivity contribution >= 4 is 11.6 Å². The van der Waals surface area contributed by atoms with Crippen LogP contribution in [0.1, 0.15) is 24.3 Å². The number of hydrogen-bond acceptors (Lipinski definition) is 4. The summed E-state index contributed by atoms with van der Waals surface area (Å²) in [4.78, 5) is 23.5. The van der Waals surface area contributed by atoms with E-state index in [1.54, 1.807) is 5.48 Å². The number of rotatable bonds is 2. The van der Waals surface area contributed by atoms with Gasteiger partial charge < -0.3 is 0 Å². The maximum absolute atomic E-state index is 11.7. The van der Waals surface area contributed by atoms with Crippen molar-refractivity contribution in [3.63, 3.8) is 0 Å². The number of benzene rings is 1. The third-order valence-corrected chi connectivity index (χ3v) is 2.94. The number of carbonyl (C=O) groups is 2. The fourth-order valence-corrected chi connectivity index (χ4v) is 2.08. The van der Waals surface area contributed by atoms with Gasteiger partial charge in [0.05, 0.1) is 5.57 Å². The molecular formula is C13H13NO3. The first kappa shape index (κ1) is 11.5. The molecule has 17 heavy (non-hydrogen) atoms. The van der Waals surface area contributed by atoms with E-state index in [9.17, 15) is 9.59 Å². The number of ketones is 2. The maximum Gasteiger partial charge on any atom is 0.168 e. The van der Waals surface area contributed by atoms with E-state index in [-0.39, 0.29) is 23.1 Å². The van der Waals surface area contributed by atoms with Gasteiger partial charge in [-0.1, -0.05) is 30.3 Å². The van der Waals surface area contributed by atoms with Gasteiger partial charge in [0.2, 0.25) is 0 Å². The Balaban J connectivity index is 2.20. The Hall–Kier alpha value is -1.94. The monoisotopic (exact) mass is 231 g/mol. The van der Waals surface area contributed by atoms with Crippen LogP contribution in [0.4, 0.5) is 0 Å². The fraction of sp³-hybridized carbons (Fsp3) is 0.231. The van der Waals surface area contributed by atoms with Crippen molar-refractivity contribution in [2.45, 2.75) is 18.8 Å². The van der Waals surface area contributed by atoms with Crippen molar-refractivity contribution in [2.24, 2.45) is 0 Å². The molecule has 4 heteroatoms. The first-order chi connectivity index (χ1) is 8.22. The quantitative estimate of drug-likeness (QED) is 0.460. The summed E-state index contributed by atoms with van der Waals surface area (Å²) in [5.41, 5.74) is 2.81. The van der Waals surface area contributed by atoms with E-state index in [0.29, 0.717) is 12.8 Å². The summed E-state index contributed by atoms with van der Waals surface area (Å²) in [5, 5.41) is 8.51. The second-order valence-electron chi connectivity index (χ2n) is 4.05. The highest BCUT2D eigenvalue weighted by atomic mass is 16.5. The molecule has 1 aliphatic rings. The summed E-state index contributed by atoms with van der Waals surface area (Å²) in [6.07, 6.45) is 1.68. The maximum atomic E-state index is 11.7. The molecule has 0 aromatic heterocycles. The Kier molecular flexibility index (Phi) is 3.35. The molecule has 88 valence electrons. The lowest BCUT2D eigenvalue weighted by atomic mass is 9.80. The zero-order valence-electron chi connectivity index (χ0n) is 9.22. The van der Waals surface area contributed by atoms with Gasteiger partial charge in [0.25, 0.3) is 0 Å². The molecule has 4 nitrogen and oxygen atoms in total. The Bertz CT molecular complexity index is 445. The normalized spacial score (nSPS) is 20.3. The van der Waals surface area contributed by atoms with Crippen LogP contribution in [0.15, 0.2) is 42.1 Å². The third-order valence-electron chi connectivity index (χ3n) is 2.94. The lowest BCUT2D eigenvalue weighted by Crippen LogP contribution is -2.26. The predicted molar refractivity (Wildman–Crippen MR) is 61.4 cm³/mol. The highest BCUT2D eigenvalue weighted by molar-refractivity contribution is 6.22. The molecule has 0 unspecified atom stereocenters. The van der Waals surface area contributed by atoms with E-state index >= 15 is 0 Å². The molecule has 0 amide bonds. The number of nitrogens with one attached hydrogen (secondary N) is 1. The summed E-state index contributed by atoms with van der Waals surface area (Å²) >= 11 is 0. The first-order valence-corrected chi connectivity index (χ1v) is 5.43. The number of Topliss-reactive ketones (excluding diaryl/α,β-unsaturated/α-hetero) is 2. The third kappa shape index (κ3) is 2.42. The molecule has 1 aromatic rings. The summed E-state index contributed by atoms with van der Waals surface area (Å²) in [6, 6.07) is 9.53. The molecule has 1 aliphatic carbocycles. The van der Waals surface area contributed by atoms with E-state index in [0.717, 1.165) is 11.8 Å². The molecule has 0 saturated heterocycles. The van der Waals surface area contributed by atoms with Crippen LogP contribution in [0.3, 0.4) is 0 Å². The van der Waals surface area contributed by atoms with Crippen molar-refractivity contribution < 1.29 is 14.8 Å². The van der Waals surface area contributed by atoms with Crippen LogP contribution >= 0.6 is 0 Å². The van der Waals surface area contributed by atoms with Gasteiger partial charge in [0.1, 0.15) is 0 Å². The number of allylic oxidation sites excluding steroid dienone is 1. The van der Waals surface area contributed by atoms with Gasteiger partial charge in [-0.25, -0.2) is 0 Å². The second-order valence-corrected chi connectivity index (χ2v) is 4.05. The van der Waals surface area contributed by atoms with Gasteiger partial charge in [-0.2, -0.15) is 0 Å². The molecule has 0 aliphatic heterocycles. The van der Waals surface area contributed by atoms with E-state index in [2.05, 4.69) is 0 Å². The van der Waals surface area contributed by atoms with Gasteiger partial charge in [-0.15, -0.1) is 0 Å². The van der Waals surface area contributed by atoms with Crippen molar-refractivity contribution in [1.82, 2.24) is 5.48 Å². The molecule has 0 heterocycles. The van der Waals surface area contributed by atoms with Gasteiger partial charge in [0.15, 0.2) is 11.6 Å². The van der Waals surface area contributed by atoms with Crippen molar-refractivity contribution in [3.8, 4) is 0 Å². The van der Waals surface area contributed by atoms with Gasteiger partial charge in [0, 0.05) is 19.0 Å². The number of carbonyl (C=O) groups excluding carboxylic acids is 2. The van der Waals surface area contributed by atoms with Crippen molar-refractivity contribution in [2.75, 3.05) is 0 Å². The SMILES string of the molecule is O=C1CC(c2ccccc2)CC(=O)C1=CNO. The Morgan fingerprint density at radius 1 is 1.12 bits per heavy atom.